The van der Waals surface area contributed by atoms with Gasteiger partial charge in [0.1, 0.15) is 11.6 Å². The summed E-state index contributed by atoms with van der Waals surface area (Å²) in [4.78, 5) is 19.2. The molecule has 0 bridgehead atoms. The van der Waals surface area contributed by atoms with Gasteiger partial charge in [0.15, 0.2) is 11.3 Å². The summed E-state index contributed by atoms with van der Waals surface area (Å²) in [5.41, 5.74) is 1.03. The van der Waals surface area contributed by atoms with E-state index in [0.29, 0.717) is 17.9 Å². The van der Waals surface area contributed by atoms with Crippen LogP contribution < -0.4 is 4.90 Å². The zero-order chi connectivity index (χ0) is 19.9. The first kappa shape index (κ1) is 20.1. The molecule has 0 unspecified atom stereocenters. The molecule has 2 aromatic heterocycles. The van der Waals surface area contributed by atoms with Crippen LogP contribution >= 0.6 is 11.8 Å². The summed E-state index contributed by atoms with van der Waals surface area (Å²) < 4.78 is 18.9. The molecule has 28 heavy (non-hydrogen) atoms. The van der Waals surface area contributed by atoms with Crippen LogP contribution in [0.3, 0.4) is 0 Å². The zero-order valence-electron chi connectivity index (χ0n) is 16.0. The molecular weight excluding hydrogens is 379 g/mol. The Hall–Kier alpha value is -2.61. The number of anilines is 1. The van der Waals surface area contributed by atoms with E-state index in [4.69, 9.17) is 4.74 Å². The van der Waals surface area contributed by atoms with Crippen molar-refractivity contribution >= 4 is 29.2 Å². The Labute approximate surface area is 167 Å². The van der Waals surface area contributed by atoms with Gasteiger partial charge >= 0.3 is 5.97 Å². The number of imidazole rings is 1. The maximum atomic E-state index is 12.3. The average molecular weight is 402 g/mol. The fourth-order valence-electron chi connectivity index (χ4n) is 2.92. The van der Waals surface area contributed by atoms with E-state index in [1.54, 1.807) is 29.3 Å². The number of rotatable bonds is 4. The van der Waals surface area contributed by atoms with Crippen LogP contribution in [0.4, 0.5) is 10.2 Å². The lowest BCUT2D eigenvalue weighted by Crippen LogP contribution is -2.20. The summed E-state index contributed by atoms with van der Waals surface area (Å²) in [6, 6.07) is 10.4. The maximum Gasteiger partial charge on any atom is 0.358 e. The predicted molar refractivity (Wildman–Crippen MR) is 109 cm³/mol. The molecule has 1 aliphatic rings. The van der Waals surface area contributed by atoms with Crippen LogP contribution in [0.2, 0.25) is 0 Å². The van der Waals surface area contributed by atoms with E-state index < -0.39 is 0 Å². The Morgan fingerprint density at radius 1 is 1.25 bits per heavy atom. The topological polar surface area (TPSA) is 59.7 Å². The second-order valence-corrected chi connectivity index (χ2v) is 7.06. The molecule has 1 fully saturated rings. The van der Waals surface area contributed by atoms with Gasteiger partial charge in [-0.15, -0.1) is 16.9 Å². The van der Waals surface area contributed by atoms with Gasteiger partial charge in [0.2, 0.25) is 0 Å². The zero-order valence-corrected chi connectivity index (χ0v) is 16.8. The number of thioether (sulfide) groups is 1. The molecule has 148 valence electrons. The fourth-order valence-corrected chi connectivity index (χ4v) is 3.36. The molecular formula is C20H23FN4O2S. The van der Waals surface area contributed by atoms with Gasteiger partial charge in [-0.3, -0.25) is 0 Å². The van der Waals surface area contributed by atoms with Gasteiger partial charge in [-0.2, -0.15) is 0 Å². The van der Waals surface area contributed by atoms with Crippen molar-refractivity contribution in [2.45, 2.75) is 24.7 Å². The van der Waals surface area contributed by atoms with Crippen molar-refractivity contribution in [3.05, 3.63) is 54.1 Å². The first-order valence-electron chi connectivity index (χ1n) is 9.18. The van der Waals surface area contributed by atoms with Crippen molar-refractivity contribution in [3.8, 4) is 0 Å². The van der Waals surface area contributed by atoms with E-state index in [-0.39, 0.29) is 11.8 Å². The fraction of sp³-hybridized carbons (Fsp3) is 0.350. The van der Waals surface area contributed by atoms with E-state index >= 15 is 0 Å². The lowest BCUT2D eigenvalue weighted by Gasteiger charge is -2.15. The van der Waals surface area contributed by atoms with Crippen LogP contribution in [0.15, 0.2) is 47.5 Å². The molecule has 1 aromatic carbocycles. The van der Waals surface area contributed by atoms with Crippen LogP contribution in [0.25, 0.3) is 5.65 Å². The second kappa shape index (κ2) is 9.54. The Morgan fingerprint density at radius 3 is 2.68 bits per heavy atom. The third-order valence-corrected chi connectivity index (χ3v) is 5.02. The van der Waals surface area contributed by atoms with Crippen molar-refractivity contribution in [1.82, 2.24) is 14.6 Å². The van der Waals surface area contributed by atoms with E-state index in [9.17, 15) is 9.18 Å². The van der Waals surface area contributed by atoms with Gasteiger partial charge < -0.3 is 9.64 Å². The molecule has 8 heteroatoms. The van der Waals surface area contributed by atoms with Gasteiger partial charge in [-0.25, -0.2) is 18.7 Å². The van der Waals surface area contributed by atoms with Crippen molar-refractivity contribution in [2.24, 2.45) is 0 Å². The van der Waals surface area contributed by atoms with Crippen LogP contribution in [-0.2, 0) is 4.74 Å². The minimum absolute atomic E-state index is 0.165. The average Bonchev–Trinajstić information content (AvgIpc) is 3.38. The number of esters is 1. The summed E-state index contributed by atoms with van der Waals surface area (Å²) in [5, 5.41) is 4.50. The SMILES string of the molecule is CCOC(=O)c1cnc2ccc(N3CCCC3)nn12.CSc1cccc(F)c1. The van der Waals surface area contributed by atoms with Gasteiger partial charge in [-0.1, -0.05) is 6.07 Å². The van der Waals surface area contributed by atoms with E-state index in [2.05, 4.69) is 15.0 Å². The minimum atomic E-state index is -0.388. The molecule has 3 heterocycles. The molecule has 4 rings (SSSR count). The normalized spacial score (nSPS) is 13.3. The third-order valence-electron chi connectivity index (χ3n) is 4.29. The van der Waals surface area contributed by atoms with Crippen molar-refractivity contribution in [1.29, 1.82) is 0 Å². The van der Waals surface area contributed by atoms with Crippen LogP contribution in [0, 0.1) is 5.82 Å². The number of aromatic nitrogens is 3. The summed E-state index contributed by atoms with van der Waals surface area (Å²) in [5.74, 6) is 0.330. The summed E-state index contributed by atoms with van der Waals surface area (Å²) >= 11 is 1.54. The molecule has 1 saturated heterocycles. The lowest BCUT2D eigenvalue weighted by atomic mass is 10.4. The molecule has 0 aliphatic carbocycles. The van der Waals surface area contributed by atoms with Crippen LogP contribution in [0.1, 0.15) is 30.3 Å². The number of hydrogen-bond donors (Lipinski definition) is 0. The third kappa shape index (κ3) is 4.81. The summed E-state index contributed by atoms with van der Waals surface area (Å²) in [6.45, 7) is 4.16. The summed E-state index contributed by atoms with van der Waals surface area (Å²) in [7, 11) is 0. The number of carbonyl (C=O) groups is 1. The van der Waals surface area contributed by atoms with Gasteiger partial charge in [0.25, 0.3) is 0 Å². The number of fused-ring (bicyclic) bond motifs is 1. The van der Waals surface area contributed by atoms with E-state index in [1.807, 2.05) is 24.5 Å². The smallest absolute Gasteiger partial charge is 0.358 e. The number of hydrogen-bond acceptors (Lipinski definition) is 6. The molecule has 0 spiro atoms. The second-order valence-electron chi connectivity index (χ2n) is 6.18. The predicted octanol–water partition coefficient (Wildman–Crippen LogP) is 4.05. The van der Waals surface area contributed by atoms with Crippen LogP contribution in [-0.4, -0.2) is 46.5 Å². The monoisotopic (exact) mass is 402 g/mol. The first-order chi connectivity index (χ1) is 13.6. The highest BCUT2D eigenvalue weighted by Crippen LogP contribution is 2.18. The van der Waals surface area contributed by atoms with E-state index in [0.717, 1.165) is 23.8 Å². The van der Waals surface area contributed by atoms with Gasteiger partial charge in [-0.05, 0) is 56.4 Å². The minimum Gasteiger partial charge on any atom is -0.461 e. The standard InChI is InChI=1S/C13H16N4O2.C7H7FS/c1-2-19-13(18)10-9-14-11-5-6-12(15-17(10)11)16-7-3-4-8-16;1-9-7-4-2-3-6(8)5-7/h5-6,9H,2-4,7-8H2,1H3;2-5H,1H3. The molecule has 0 radical (unpaired) electrons. The Morgan fingerprint density at radius 2 is 2.04 bits per heavy atom. The Bertz CT molecular complexity index is 941. The highest BCUT2D eigenvalue weighted by molar-refractivity contribution is 7.98. The first-order valence-corrected chi connectivity index (χ1v) is 10.4. The maximum absolute atomic E-state index is 12.3. The quantitative estimate of drug-likeness (QED) is 0.485. The largest absolute Gasteiger partial charge is 0.461 e. The number of benzene rings is 1. The molecule has 1 aliphatic heterocycles. The van der Waals surface area contributed by atoms with Gasteiger partial charge in [0, 0.05) is 18.0 Å². The lowest BCUT2D eigenvalue weighted by molar-refractivity contribution is 0.0517. The van der Waals surface area contributed by atoms with Crippen molar-refractivity contribution in [2.75, 3.05) is 30.9 Å². The van der Waals surface area contributed by atoms with Gasteiger partial charge in [0.05, 0.1) is 12.8 Å². The highest BCUT2D eigenvalue weighted by atomic mass is 32.2. The molecule has 0 N–H and O–H groups in total. The molecule has 0 amide bonds. The molecule has 6 nitrogen and oxygen atoms in total. The Balaban J connectivity index is 0.000000211. The molecule has 0 saturated carbocycles. The van der Waals surface area contributed by atoms with E-state index in [1.165, 1.54) is 31.2 Å². The summed E-state index contributed by atoms with van der Waals surface area (Å²) in [6.07, 6.45) is 5.81. The number of halogens is 1. The highest BCUT2D eigenvalue weighted by Gasteiger charge is 2.18. The van der Waals surface area contributed by atoms with Crippen molar-refractivity contribution < 1.29 is 13.9 Å². The number of ether oxygens (including phenoxy) is 1. The number of nitrogens with zero attached hydrogens (tertiary/aromatic N) is 4. The van der Waals surface area contributed by atoms with Crippen LogP contribution in [0.5, 0.6) is 0 Å². The number of carbonyl (C=O) groups excluding carboxylic acids is 1. The Kier molecular flexibility index (Phi) is 6.86. The molecule has 3 aromatic rings. The van der Waals surface area contributed by atoms with Crippen molar-refractivity contribution in [3.63, 3.8) is 0 Å². The molecule has 0 atom stereocenters.